The monoisotopic (exact) mass is 364 g/mol. The summed E-state index contributed by atoms with van der Waals surface area (Å²) in [6.45, 7) is 1.52. The van der Waals surface area contributed by atoms with E-state index in [1.165, 1.54) is 6.92 Å². The van der Waals surface area contributed by atoms with E-state index < -0.39 is 5.82 Å². The molecule has 0 saturated carbocycles. The molecule has 0 fully saturated rings. The SMILES string of the molecule is Cc1nc(-c2cc(Br)c(Br)o2)nc(NN)c1F. The Morgan fingerprint density at radius 3 is 2.65 bits per heavy atom. The van der Waals surface area contributed by atoms with Crippen LogP contribution in [0, 0.1) is 12.7 Å². The maximum Gasteiger partial charge on any atom is 0.198 e. The van der Waals surface area contributed by atoms with Crippen molar-refractivity contribution >= 4 is 37.7 Å². The van der Waals surface area contributed by atoms with Crippen LogP contribution in [0.2, 0.25) is 0 Å². The van der Waals surface area contributed by atoms with Gasteiger partial charge in [0, 0.05) is 6.07 Å². The molecule has 0 saturated heterocycles. The topological polar surface area (TPSA) is 77.0 Å². The second-order valence-electron chi connectivity index (χ2n) is 3.17. The standard InChI is InChI=1S/C9H7Br2FN4O/c1-3-6(12)9(16-13)15-8(14-3)5-2-4(10)7(11)17-5/h2H,13H2,1H3,(H,14,15,16). The number of anilines is 1. The molecule has 2 rings (SSSR count). The van der Waals surface area contributed by atoms with Crippen LogP contribution in [-0.2, 0) is 0 Å². The predicted octanol–water partition coefficient (Wildman–Crippen LogP) is 2.99. The number of aryl methyl sites for hydroxylation is 1. The number of halogens is 3. The molecular weight excluding hydrogens is 359 g/mol. The fourth-order valence-corrected chi connectivity index (χ4v) is 1.80. The molecule has 0 aliphatic heterocycles. The summed E-state index contributed by atoms with van der Waals surface area (Å²) in [4.78, 5) is 7.91. The molecule has 8 heteroatoms. The van der Waals surface area contributed by atoms with Crippen molar-refractivity contribution in [2.75, 3.05) is 5.43 Å². The molecule has 0 aromatic carbocycles. The molecule has 2 aromatic rings. The molecular formula is C9H7Br2FN4O. The Labute approximate surface area is 113 Å². The molecule has 0 spiro atoms. The van der Waals surface area contributed by atoms with Gasteiger partial charge in [-0.1, -0.05) is 0 Å². The van der Waals surface area contributed by atoms with E-state index >= 15 is 0 Å². The zero-order valence-electron chi connectivity index (χ0n) is 8.59. The lowest BCUT2D eigenvalue weighted by Crippen LogP contribution is -2.12. The van der Waals surface area contributed by atoms with Crippen LogP contribution in [0.5, 0.6) is 0 Å². The maximum absolute atomic E-state index is 13.5. The number of hydrazine groups is 1. The lowest BCUT2D eigenvalue weighted by Gasteiger charge is -2.05. The van der Waals surface area contributed by atoms with E-state index in [0.717, 1.165) is 4.47 Å². The van der Waals surface area contributed by atoms with Gasteiger partial charge in [-0.05, 0) is 38.8 Å². The normalized spacial score (nSPS) is 10.6. The van der Waals surface area contributed by atoms with E-state index in [1.54, 1.807) is 6.07 Å². The Bertz CT molecular complexity index is 553. The molecule has 0 radical (unpaired) electrons. The van der Waals surface area contributed by atoms with Gasteiger partial charge in [-0.3, -0.25) is 0 Å². The average Bonchev–Trinajstić information content (AvgIpc) is 2.63. The van der Waals surface area contributed by atoms with Gasteiger partial charge in [0.15, 0.2) is 27.9 Å². The maximum atomic E-state index is 13.5. The van der Waals surface area contributed by atoms with Crippen molar-refractivity contribution < 1.29 is 8.81 Å². The predicted molar refractivity (Wildman–Crippen MR) is 67.6 cm³/mol. The summed E-state index contributed by atoms with van der Waals surface area (Å²) in [5.74, 6) is 5.18. The van der Waals surface area contributed by atoms with Gasteiger partial charge in [-0.25, -0.2) is 20.2 Å². The summed E-state index contributed by atoms with van der Waals surface area (Å²) in [5.41, 5.74) is 2.36. The van der Waals surface area contributed by atoms with Crippen molar-refractivity contribution in [1.82, 2.24) is 9.97 Å². The molecule has 17 heavy (non-hydrogen) atoms. The quantitative estimate of drug-likeness (QED) is 0.632. The number of nitrogens with one attached hydrogen (secondary N) is 1. The third-order valence-corrected chi connectivity index (χ3v) is 3.73. The minimum absolute atomic E-state index is 0.0730. The summed E-state index contributed by atoms with van der Waals surface area (Å²) in [7, 11) is 0. The number of aromatic nitrogens is 2. The Kier molecular flexibility index (Phi) is 3.45. The van der Waals surface area contributed by atoms with Crippen LogP contribution < -0.4 is 11.3 Å². The van der Waals surface area contributed by atoms with Crippen molar-refractivity contribution in [3.63, 3.8) is 0 Å². The third-order valence-electron chi connectivity index (χ3n) is 2.02. The van der Waals surface area contributed by atoms with Crippen LogP contribution in [0.1, 0.15) is 5.69 Å². The molecule has 0 aliphatic carbocycles. The van der Waals surface area contributed by atoms with Crippen molar-refractivity contribution in [2.45, 2.75) is 6.92 Å². The molecule has 2 aromatic heterocycles. The van der Waals surface area contributed by atoms with E-state index in [4.69, 9.17) is 10.3 Å². The van der Waals surface area contributed by atoms with Crippen LogP contribution in [0.15, 0.2) is 19.6 Å². The Morgan fingerprint density at radius 2 is 2.12 bits per heavy atom. The van der Waals surface area contributed by atoms with E-state index in [1.807, 2.05) is 0 Å². The average molecular weight is 366 g/mol. The van der Waals surface area contributed by atoms with E-state index in [0.29, 0.717) is 10.4 Å². The van der Waals surface area contributed by atoms with Gasteiger partial charge in [0.2, 0.25) is 0 Å². The minimum atomic E-state index is -0.582. The van der Waals surface area contributed by atoms with Crippen LogP contribution in [0.4, 0.5) is 10.2 Å². The molecule has 0 bridgehead atoms. The number of hydrogen-bond donors (Lipinski definition) is 2. The molecule has 2 heterocycles. The van der Waals surface area contributed by atoms with Gasteiger partial charge in [0.1, 0.15) is 0 Å². The number of hydrogen-bond acceptors (Lipinski definition) is 5. The van der Waals surface area contributed by atoms with Crippen LogP contribution in [0.3, 0.4) is 0 Å². The van der Waals surface area contributed by atoms with E-state index in [9.17, 15) is 4.39 Å². The first-order valence-electron chi connectivity index (χ1n) is 4.49. The van der Waals surface area contributed by atoms with Gasteiger partial charge < -0.3 is 9.84 Å². The van der Waals surface area contributed by atoms with Crippen LogP contribution in [-0.4, -0.2) is 9.97 Å². The number of rotatable bonds is 2. The zero-order chi connectivity index (χ0) is 12.6. The summed E-state index contributed by atoms with van der Waals surface area (Å²) >= 11 is 6.47. The van der Waals surface area contributed by atoms with Crippen LogP contribution >= 0.6 is 31.9 Å². The molecule has 0 aliphatic rings. The fraction of sp³-hybridized carbons (Fsp3) is 0.111. The number of nitrogens with zero attached hydrogens (tertiary/aromatic N) is 2. The molecule has 0 amide bonds. The highest BCUT2D eigenvalue weighted by Gasteiger charge is 2.15. The van der Waals surface area contributed by atoms with Gasteiger partial charge in [-0.15, -0.1) is 0 Å². The number of furan rings is 1. The highest BCUT2D eigenvalue weighted by molar-refractivity contribution is 9.13. The molecule has 3 N–H and O–H groups in total. The molecule has 0 unspecified atom stereocenters. The largest absolute Gasteiger partial charge is 0.445 e. The molecule has 90 valence electrons. The van der Waals surface area contributed by atoms with Gasteiger partial charge in [0.05, 0.1) is 10.2 Å². The van der Waals surface area contributed by atoms with Crippen molar-refractivity contribution in [2.24, 2.45) is 5.84 Å². The van der Waals surface area contributed by atoms with Crippen molar-refractivity contribution in [3.8, 4) is 11.6 Å². The Hall–Kier alpha value is -0.990. The van der Waals surface area contributed by atoms with Gasteiger partial charge in [-0.2, -0.15) is 0 Å². The third kappa shape index (κ3) is 2.33. The van der Waals surface area contributed by atoms with Crippen molar-refractivity contribution in [3.05, 3.63) is 26.7 Å². The van der Waals surface area contributed by atoms with Crippen LogP contribution in [0.25, 0.3) is 11.6 Å². The number of nitrogen functional groups attached to an aromatic ring is 1. The summed E-state index contributed by atoms with van der Waals surface area (Å²) < 4.78 is 20.1. The summed E-state index contributed by atoms with van der Waals surface area (Å²) in [6.07, 6.45) is 0. The lowest BCUT2D eigenvalue weighted by atomic mass is 10.3. The van der Waals surface area contributed by atoms with Crippen molar-refractivity contribution in [1.29, 1.82) is 0 Å². The van der Waals surface area contributed by atoms with Gasteiger partial charge >= 0.3 is 0 Å². The first kappa shape index (κ1) is 12.5. The zero-order valence-corrected chi connectivity index (χ0v) is 11.8. The Morgan fingerprint density at radius 1 is 1.41 bits per heavy atom. The lowest BCUT2D eigenvalue weighted by molar-refractivity contribution is 0.546. The molecule has 0 atom stereocenters. The first-order valence-corrected chi connectivity index (χ1v) is 6.07. The smallest absolute Gasteiger partial charge is 0.198 e. The summed E-state index contributed by atoms with van der Waals surface area (Å²) in [6, 6.07) is 1.68. The highest BCUT2D eigenvalue weighted by Crippen LogP contribution is 2.32. The fourth-order valence-electron chi connectivity index (χ4n) is 1.22. The second kappa shape index (κ2) is 4.71. The highest BCUT2D eigenvalue weighted by atomic mass is 79.9. The Balaban J connectivity index is 2.56. The number of nitrogens with two attached hydrogens (primary N) is 1. The second-order valence-corrected chi connectivity index (χ2v) is 4.75. The minimum Gasteiger partial charge on any atom is -0.445 e. The molecule has 5 nitrogen and oxygen atoms in total. The summed E-state index contributed by atoms with van der Waals surface area (Å²) in [5, 5.41) is 0. The first-order chi connectivity index (χ1) is 8.02. The van der Waals surface area contributed by atoms with E-state index in [-0.39, 0.29) is 17.3 Å². The van der Waals surface area contributed by atoms with E-state index in [2.05, 4.69) is 47.3 Å². The van der Waals surface area contributed by atoms with Gasteiger partial charge in [0.25, 0.3) is 0 Å².